The SMILES string of the molecule is Fc1ccc(Cl)cc1Nc1cc(C2CC2)nc(NC2CCCCC2)n1. The number of nitrogens with zero attached hydrogens (tertiary/aromatic N) is 2. The van der Waals surface area contributed by atoms with Gasteiger partial charge in [0.25, 0.3) is 0 Å². The Hall–Kier alpha value is -1.88. The largest absolute Gasteiger partial charge is 0.351 e. The Labute approximate surface area is 152 Å². The van der Waals surface area contributed by atoms with Crippen molar-refractivity contribution in [1.82, 2.24) is 9.97 Å². The van der Waals surface area contributed by atoms with Crippen molar-refractivity contribution in [2.24, 2.45) is 0 Å². The molecule has 4 nitrogen and oxygen atoms in total. The van der Waals surface area contributed by atoms with Gasteiger partial charge in [0.1, 0.15) is 11.6 Å². The first-order chi connectivity index (χ1) is 12.2. The smallest absolute Gasteiger partial charge is 0.225 e. The van der Waals surface area contributed by atoms with Gasteiger partial charge in [0.05, 0.1) is 11.4 Å². The van der Waals surface area contributed by atoms with Gasteiger partial charge in [0.2, 0.25) is 5.95 Å². The van der Waals surface area contributed by atoms with E-state index in [4.69, 9.17) is 11.6 Å². The molecule has 2 N–H and O–H groups in total. The fourth-order valence-electron chi connectivity index (χ4n) is 3.34. The summed E-state index contributed by atoms with van der Waals surface area (Å²) in [4.78, 5) is 9.25. The molecule has 1 aromatic heterocycles. The summed E-state index contributed by atoms with van der Waals surface area (Å²) in [5.74, 6) is 1.40. The molecule has 2 aliphatic rings. The zero-order chi connectivity index (χ0) is 17.2. The molecule has 0 amide bonds. The van der Waals surface area contributed by atoms with Crippen LogP contribution in [0.3, 0.4) is 0 Å². The number of halogens is 2. The van der Waals surface area contributed by atoms with Crippen molar-refractivity contribution in [3.05, 3.63) is 40.8 Å². The van der Waals surface area contributed by atoms with Crippen LogP contribution in [0.15, 0.2) is 24.3 Å². The van der Waals surface area contributed by atoms with E-state index in [0.717, 1.165) is 31.4 Å². The van der Waals surface area contributed by atoms with Crippen molar-refractivity contribution < 1.29 is 4.39 Å². The molecule has 25 heavy (non-hydrogen) atoms. The lowest BCUT2D eigenvalue weighted by atomic mass is 9.96. The molecule has 2 saturated carbocycles. The molecule has 0 bridgehead atoms. The van der Waals surface area contributed by atoms with Crippen LogP contribution in [0.5, 0.6) is 0 Å². The second kappa shape index (κ2) is 7.16. The first-order valence-corrected chi connectivity index (χ1v) is 9.43. The number of hydrogen-bond donors (Lipinski definition) is 2. The number of aromatic nitrogens is 2. The maximum Gasteiger partial charge on any atom is 0.225 e. The molecule has 6 heteroatoms. The highest BCUT2D eigenvalue weighted by atomic mass is 35.5. The van der Waals surface area contributed by atoms with Gasteiger partial charge in [-0.25, -0.2) is 9.37 Å². The number of nitrogens with one attached hydrogen (secondary N) is 2. The lowest BCUT2D eigenvalue weighted by Gasteiger charge is -2.23. The Morgan fingerprint density at radius 2 is 1.80 bits per heavy atom. The first-order valence-electron chi connectivity index (χ1n) is 9.05. The molecule has 1 aromatic carbocycles. The Balaban J connectivity index is 1.58. The van der Waals surface area contributed by atoms with E-state index < -0.39 is 0 Å². The van der Waals surface area contributed by atoms with Crippen LogP contribution in [0.25, 0.3) is 0 Å². The fourth-order valence-corrected chi connectivity index (χ4v) is 3.52. The van der Waals surface area contributed by atoms with E-state index in [0.29, 0.717) is 34.4 Å². The number of rotatable bonds is 5. The van der Waals surface area contributed by atoms with Gasteiger partial charge in [-0.15, -0.1) is 0 Å². The van der Waals surface area contributed by atoms with Crippen molar-refractivity contribution in [3.63, 3.8) is 0 Å². The summed E-state index contributed by atoms with van der Waals surface area (Å²) in [6.45, 7) is 0. The average molecular weight is 361 g/mol. The molecule has 132 valence electrons. The standard InChI is InChI=1S/C19H22ClFN4/c20-13-8-9-15(21)17(10-13)23-18-11-16(12-6-7-12)24-19(25-18)22-14-4-2-1-3-5-14/h8-12,14H,1-7H2,(H2,22,23,24,25). The first kappa shape index (κ1) is 16.6. The minimum absolute atomic E-state index is 0.330. The van der Waals surface area contributed by atoms with E-state index in [1.807, 2.05) is 6.07 Å². The molecule has 0 atom stereocenters. The second-order valence-corrected chi connectivity index (χ2v) is 7.44. The zero-order valence-corrected chi connectivity index (χ0v) is 14.8. The fraction of sp³-hybridized carbons (Fsp3) is 0.474. The van der Waals surface area contributed by atoms with Gasteiger partial charge in [0, 0.05) is 23.0 Å². The van der Waals surface area contributed by atoms with Crippen LogP contribution in [0.1, 0.15) is 56.6 Å². The van der Waals surface area contributed by atoms with Crippen molar-refractivity contribution in [2.75, 3.05) is 10.6 Å². The Bertz CT molecular complexity index is 757. The van der Waals surface area contributed by atoms with Gasteiger partial charge in [0.15, 0.2) is 0 Å². The van der Waals surface area contributed by atoms with Crippen LogP contribution in [0, 0.1) is 5.82 Å². The lowest BCUT2D eigenvalue weighted by molar-refractivity contribution is 0.460. The molecule has 0 saturated heterocycles. The predicted octanol–water partition coefficient (Wildman–Crippen LogP) is 5.63. The summed E-state index contributed by atoms with van der Waals surface area (Å²) >= 11 is 5.98. The topological polar surface area (TPSA) is 49.8 Å². The second-order valence-electron chi connectivity index (χ2n) is 7.00. The molecule has 1 heterocycles. The number of anilines is 3. The third kappa shape index (κ3) is 4.21. The van der Waals surface area contributed by atoms with Crippen molar-refractivity contribution in [1.29, 1.82) is 0 Å². The highest BCUT2D eigenvalue weighted by Gasteiger charge is 2.27. The minimum atomic E-state index is -0.349. The van der Waals surface area contributed by atoms with Crippen LogP contribution in [0.2, 0.25) is 5.02 Å². The Kier molecular flexibility index (Phi) is 4.75. The molecule has 2 aromatic rings. The third-order valence-electron chi connectivity index (χ3n) is 4.87. The van der Waals surface area contributed by atoms with Gasteiger partial charge in [-0.3, -0.25) is 0 Å². The molecule has 2 aliphatic carbocycles. The van der Waals surface area contributed by atoms with E-state index in [1.54, 1.807) is 6.07 Å². The Morgan fingerprint density at radius 1 is 1.00 bits per heavy atom. The zero-order valence-electron chi connectivity index (χ0n) is 14.1. The summed E-state index contributed by atoms with van der Waals surface area (Å²) in [6, 6.07) is 6.82. The number of hydrogen-bond acceptors (Lipinski definition) is 4. The molecule has 0 spiro atoms. The third-order valence-corrected chi connectivity index (χ3v) is 5.11. The molecular weight excluding hydrogens is 339 g/mol. The highest BCUT2D eigenvalue weighted by molar-refractivity contribution is 6.30. The van der Waals surface area contributed by atoms with Gasteiger partial charge in [-0.05, 0) is 43.9 Å². The molecule has 0 radical (unpaired) electrons. The van der Waals surface area contributed by atoms with Crippen LogP contribution in [-0.4, -0.2) is 16.0 Å². The van der Waals surface area contributed by atoms with Gasteiger partial charge in [-0.1, -0.05) is 30.9 Å². The monoisotopic (exact) mass is 360 g/mol. The van der Waals surface area contributed by atoms with Crippen molar-refractivity contribution >= 4 is 29.1 Å². The van der Waals surface area contributed by atoms with E-state index in [9.17, 15) is 4.39 Å². The van der Waals surface area contributed by atoms with E-state index >= 15 is 0 Å². The molecular formula is C19H22ClFN4. The Morgan fingerprint density at radius 3 is 2.56 bits per heavy atom. The van der Waals surface area contributed by atoms with Crippen LogP contribution in [-0.2, 0) is 0 Å². The molecule has 0 aliphatic heterocycles. The molecule has 4 rings (SSSR count). The van der Waals surface area contributed by atoms with Crippen LogP contribution >= 0.6 is 11.6 Å². The maximum atomic E-state index is 14.0. The molecule has 2 fully saturated rings. The summed E-state index contributed by atoms with van der Waals surface area (Å²) in [6.07, 6.45) is 8.43. The molecule has 0 unspecified atom stereocenters. The lowest BCUT2D eigenvalue weighted by Crippen LogP contribution is -2.23. The van der Waals surface area contributed by atoms with Gasteiger partial charge >= 0.3 is 0 Å². The minimum Gasteiger partial charge on any atom is -0.351 e. The maximum absolute atomic E-state index is 14.0. The van der Waals surface area contributed by atoms with Gasteiger partial charge < -0.3 is 10.6 Å². The van der Waals surface area contributed by atoms with E-state index in [1.165, 1.54) is 31.4 Å². The normalized spacial score (nSPS) is 18.2. The highest BCUT2D eigenvalue weighted by Crippen LogP contribution is 2.40. The van der Waals surface area contributed by atoms with E-state index in [-0.39, 0.29) is 5.82 Å². The van der Waals surface area contributed by atoms with Crippen LogP contribution < -0.4 is 10.6 Å². The van der Waals surface area contributed by atoms with Crippen LogP contribution in [0.4, 0.5) is 21.8 Å². The van der Waals surface area contributed by atoms with Gasteiger partial charge in [-0.2, -0.15) is 4.98 Å². The predicted molar refractivity (Wildman–Crippen MR) is 99.2 cm³/mol. The quantitative estimate of drug-likeness (QED) is 0.725. The van der Waals surface area contributed by atoms with Crippen molar-refractivity contribution in [3.8, 4) is 0 Å². The van der Waals surface area contributed by atoms with E-state index in [2.05, 4.69) is 20.6 Å². The summed E-state index contributed by atoms with van der Waals surface area (Å²) in [5.41, 5.74) is 1.36. The summed E-state index contributed by atoms with van der Waals surface area (Å²) in [5, 5.41) is 7.02. The van der Waals surface area contributed by atoms with Crippen molar-refractivity contribution in [2.45, 2.75) is 56.9 Å². The average Bonchev–Trinajstić information content (AvgIpc) is 3.44. The number of benzene rings is 1. The summed E-state index contributed by atoms with van der Waals surface area (Å²) in [7, 11) is 0. The summed E-state index contributed by atoms with van der Waals surface area (Å²) < 4.78 is 14.0.